The minimum absolute atomic E-state index is 0.254. The number of aliphatic hydroxyl groups is 2. The van der Waals surface area contributed by atoms with E-state index in [0.29, 0.717) is 19.7 Å². The number of benzene rings is 2. The molecule has 2 aromatic carbocycles. The van der Waals surface area contributed by atoms with E-state index in [-0.39, 0.29) is 13.2 Å². The van der Waals surface area contributed by atoms with Gasteiger partial charge in [0.25, 0.3) is 0 Å². The highest BCUT2D eigenvalue weighted by molar-refractivity contribution is 8.20. The second-order valence-corrected chi connectivity index (χ2v) is 12.1. The molecule has 4 unspecified atom stereocenters. The van der Waals surface area contributed by atoms with Gasteiger partial charge in [0.15, 0.2) is 0 Å². The Morgan fingerprint density at radius 2 is 1.11 bits per heavy atom. The Hall–Kier alpha value is -0.440. The summed E-state index contributed by atoms with van der Waals surface area (Å²) in [5.74, 6) is 3.69. The maximum atomic E-state index is 9.29. The first kappa shape index (κ1) is 19.9. The van der Waals surface area contributed by atoms with E-state index < -0.39 is 0 Å². The number of aliphatic hydroxyl groups excluding tert-OH is 2. The van der Waals surface area contributed by atoms with Crippen LogP contribution in [0, 0.1) is 0 Å². The molecule has 27 heavy (non-hydrogen) atoms. The second-order valence-electron chi connectivity index (χ2n) is 6.45. The normalized spacial score (nSPS) is 27.8. The van der Waals surface area contributed by atoms with Crippen LogP contribution in [-0.2, 0) is 0 Å². The highest BCUT2D eigenvalue weighted by Crippen LogP contribution is 2.50. The van der Waals surface area contributed by atoms with Gasteiger partial charge in [-0.05, 0) is 35.4 Å². The van der Waals surface area contributed by atoms with Crippen molar-refractivity contribution in [2.24, 2.45) is 0 Å². The van der Waals surface area contributed by atoms with Crippen molar-refractivity contribution >= 4 is 47.0 Å². The molecule has 0 radical (unpaired) electrons. The average Bonchev–Trinajstić information content (AvgIpc) is 3.39. The van der Waals surface area contributed by atoms with Crippen LogP contribution in [0.1, 0.15) is 20.3 Å². The maximum absolute atomic E-state index is 9.29. The lowest BCUT2D eigenvalue weighted by molar-refractivity contribution is 0.301. The molecule has 0 saturated carbocycles. The maximum Gasteiger partial charge on any atom is 0.127 e. The lowest BCUT2D eigenvalue weighted by Gasteiger charge is -2.12. The van der Waals surface area contributed by atoms with Crippen LogP contribution in [0.15, 0.2) is 48.5 Å². The molecule has 0 bridgehead atoms. The van der Waals surface area contributed by atoms with E-state index in [1.807, 2.05) is 71.3 Å². The summed E-state index contributed by atoms with van der Waals surface area (Å²) in [7, 11) is 0. The number of thioether (sulfide) groups is 4. The minimum Gasteiger partial charge on any atom is -0.457 e. The van der Waals surface area contributed by atoms with Crippen LogP contribution in [0.25, 0.3) is 0 Å². The monoisotopic (exact) mass is 438 g/mol. The van der Waals surface area contributed by atoms with E-state index in [2.05, 4.69) is 24.3 Å². The molecular weight excluding hydrogens is 416 g/mol. The first-order valence-corrected chi connectivity index (χ1v) is 12.9. The molecule has 0 spiro atoms. The largest absolute Gasteiger partial charge is 0.457 e. The van der Waals surface area contributed by atoms with Gasteiger partial charge in [0.2, 0.25) is 0 Å². The first-order chi connectivity index (χ1) is 13.2. The molecule has 3 nitrogen and oxygen atoms in total. The second kappa shape index (κ2) is 9.37. The molecule has 2 fully saturated rings. The Morgan fingerprint density at radius 3 is 1.44 bits per heavy atom. The van der Waals surface area contributed by atoms with Crippen LogP contribution in [0.5, 0.6) is 11.5 Å². The van der Waals surface area contributed by atoms with Gasteiger partial charge in [-0.3, -0.25) is 0 Å². The Morgan fingerprint density at radius 1 is 0.704 bits per heavy atom. The lowest BCUT2D eigenvalue weighted by atomic mass is 10.2. The predicted octanol–water partition coefficient (Wildman–Crippen LogP) is 5.16. The van der Waals surface area contributed by atoms with Gasteiger partial charge in [-0.2, -0.15) is 0 Å². The highest BCUT2D eigenvalue weighted by atomic mass is 32.2. The Labute approximate surface area is 177 Å². The summed E-state index contributed by atoms with van der Waals surface area (Å²) in [6.07, 6.45) is 0. The van der Waals surface area contributed by atoms with Crippen LogP contribution in [0.4, 0.5) is 0 Å². The van der Waals surface area contributed by atoms with Crippen molar-refractivity contribution in [3.63, 3.8) is 0 Å². The van der Waals surface area contributed by atoms with Gasteiger partial charge in [-0.1, -0.05) is 24.3 Å². The third-order valence-corrected chi connectivity index (χ3v) is 11.1. The van der Waals surface area contributed by atoms with Gasteiger partial charge in [-0.15, -0.1) is 47.0 Å². The van der Waals surface area contributed by atoms with E-state index in [4.69, 9.17) is 4.74 Å². The summed E-state index contributed by atoms with van der Waals surface area (Å²) in [6.45, 7) is 0.508. The van der Waals surface area contributed by atoms with E-state index >= 15 is 0 Å². The zero-order valence-electron chi connectivity index (χ0n) is 14.7. The fraction of sp³-hybridized carbons (Fsp3) is 0.400. The molecule has 4 atom stereocenters. The van der Waals surface area contributed by atoms with E-state index in [1.165, 1.54) is 11.1 Å². The van der Waals surface area contributed by atoms with Crippen LogP contribution in [0.2, 0.25) is 0 Å². The molecule has 2 N–H and O–H groups in total. The molecular formula is C20H22O3S4. The SMILES string of the molecule is OCC1CSC(c2ccc(Oc3ccc(C4SCC(CO)S4)cc3)cc2)S1. The lowest BCUT2D eigenvalue weighted by Crippen LogP contribution is -2.05. The van der Waals surface area contributed by atoms with Gasteiger partial charge in [0.05, 0.1) is 22.4 Å². The summed E-state index contributed by atoms with van der Waals surface area (Å²) in [4.78, 5) is 0. The van der Waals surface area contributed by atoms with Crippen molar-refractivity contribution in [2.75, 3.05) is 24.7 Å². The van der Waals surface area contributed by atoms with Crippen LogP contribution >= 0.6 is 47.0 Å². The van der Waals surface area contributed by atoms with Crippen LogP contribution in [0.3, 0.4) is 0 Å². The number of ether oxygens (including phenoxy) is 1. The molecule has 0 aromatic heterocycles. The average molecular weight is 439 g/mol. The number of rotatable bonds is 6. The smallest absolute Gasteiger partial charge is 0.127 e. The van der Waals surface area contributed by atoms with Gasteiger partial charge >= 0.3 is 0 Å². The third-order valence-electron chi connectivity index (χ3n) is 4.45. The summed E-state index contributed by atoms with van der Waals surface area (Å²) in [5.41, 5.74) is 2.55. The predicted molar refractivity (Wildman–Crippen MR) is 120 cm³/mol. The van der Waals surface area contributed by atoms with Gasteiger partial charge in [-0.25, -0.2) is 0 Å². The van der Waals surface area contributed by atoms with Gasteiger partial charge < -0.3 is 14.9 Å². The quantitative estimate of drug-likeness (QED) is 0.646. The van der Waals surface area contributed by atoms with E-state index in [9.17, 15) is 10.2 Å². The minimum atomic E-state index is 0.254. The molecule has 0 aliphatic carbocycles. The zero-order chi connectivity index (χ0) is 18.6. The summed E-state index contributed by atoms with van der Waals surface area (Å²) in [6, 6.07) is 16.6. The number of hydrogen-bond acceptors (Lipinski definition) is 7. The van der Waals surface area contributed by atoms with Gasteiger partial charge in [0.1, 0.15) is 11.5 Å². The van der Waals surface area contributed by atoms with E-state index in [0.717, 1.165) is 23.0 Å². The summed E-state index contributed by atoms with van der Waals surface area (Å²) >= 11 is 7.47. The standard InChI is InChI=1S/C20H22O3S4/c21-9-17-11-24-19(26-17)13-1-5-15(6-2-13)23-16-7-3-14(4-8-16)20-25-12-18(10-22)27-20/h1-8,17-22H,9-12H2. The zero-order valence-corrected chi connectivity index (χ0v) is 18.0. The fourth-order valence-electron chi connectivity index (χ4n) is 2.96. The molecule has 2 heterocycles. The topological polar surface area (TPSA) is 49.7 Å². The van der Waals surface area contributed by atoms with Crippen LogP contribution < -0.4 is 4.74 Å². The Balaban J connectivity index is 1.35. The summed E-state index contributed by atoms with van der Waals surface area (Å²) < 4.78 is 6.80. The van der Waals surface area contributed by atoms with Crippen molar-refractivity contribution < 1.29 is 14.9 Å². The summed E-state index contributed by atoms with van der Waals surface area (Å²) in [5, 5.41) is 19.3. The van der Waals surface area contributed by atoms with Gasteiger partial charge in [0, 0.05) is 22.0 Å². The first-order valence-electron chi connectivity index (χ1n) is 8.89. The Kier molecular flexibility index (Phi) is 6.89. The fourth-order valence-corrected chi connectivity index (χ4v) is 9.29. The molecule has 4 rings (SSSR count). The van der Waals surface area contributed by atoms with E-state index in [1.54, 1.807) is 0 Å². The molecule has 144 valence electrons. The Bertz CT molecular complexity index is 674. The molecule has 2 aliphatic heterocycles. The molecule has 2 aliphatic rings. The van der Waals surface area contributed by atoms with Crippen molar-refractivity contribution in [1.29, 1.82) is 0 Å². The number of hydrogen-bond donors (Lipinski definition) is 2. The highest BCUT2D eigenvalue weighted by Gasteiger charge is 2.27. The molecule has 2 saturated heterocycles. The van der Waals surface area contributed by atoms with Crippen LogP contribution in [-0.4, -0.2) is 45.4 Å². The molecule has 0 amide bonds. The van der Waals surface area contributed by atoms with Crippen molar-refractivity contribution in [2.45, 2.75) is 19.7 Å². The van der Waals surface area contributed by atoms with Crippen molar-refractivity contribution in [3.05, 3.63) is 59.7 Å². The third kappa shape index (κ3) is 4.95. The molecule has 7 heteroatoms. The van der Waals surface area contributed by atoms with Crippen molar-refractivity contribution in [1.82, 2.24) is 0 Å². The molecule has 2 aromatic rings. The van der Waals surface area contributed by atoms with Crippen molar-refractivity contribution in [3.8, 4) is 11.5 Å².